The molecule has 5 heteroatoms. The zero-order valence-electron chi connectivity index (χ0n) is 14.3. The topological polar surface area (TPSA) is 36.4 Å². The van der Waals surface area contributed by atoms with E-state index in [1.165, 1.54) is 0 Å². The van der Waals surface area contributed by atoms with Crippen LogP contribution in [0.4, 0.5) is 0 Å². The summed E-state index contributed by atoms with van der Waals surface area (Å²) in [6, 6.07) is 0.786. The second-order valence-electron chi connectivity index (χ2n) is 6.76. The Bertz CT molecular complexity index is 460. The van der Waals surface area contributed by atoms with Crippen molar-refractivity contribution in [1.82, 2.24) is 14.8 Å². The van der Waals surface area contributed by atoms with Crippen LogP contribution >= 0.6 is 11.3 Å². The number of hydrogen-bond acceptors (Lipinski definition) is 4. The molecule has 0 saturated carbocycles. The van der Waals surface area contributed by atoms with Gasteiger partial charge >= 0.3 is 0 Å². The number of likely N-dealkylation sites (tertiary alicyclic amines) is 1. The molecule has 0 aromatic carbocycles. The summed E-state index contributed by atoms with van der Waals surface area (Å²) in [7, 11) is 2.17. The molecule has 22 heavy (non-hydrogen) atoms. The van der Waals surface area contributed by atoms with Crippen LogP contribution in [0.25, 0.3) is 0 Å². The summed E-state index contributed by atoms with van der Waals surface area (Å²) in [6.45, 7) is 8.45. The molecule has 1 saturated heterocycles. The van der Waals surface area contributed by atoms with Gasteiger partial charge in [-0.2, -0.15) is 0 Å². The second kappa shape index (κ2) is 8.06. The van der Waals surface area contributed by atoms with Crippen molar-refractivity contribution in [2.45, 2.75) is 58.5 Å². The molecule has 124 valence electrons. The first kappa shape index (κ1) is 17.4. The standard InChI is InChI=1S/C17H29N3OS/c1-13(2)7-10-20-11-8-15(5-6-16(20)21)19(4)14(3)17-18-9-12-22-17/h9,12-15H,5-8,10-11H2,1-4H3. The molecule has 2 atom stereocenters. The fourth-order valence-corrected chi connectivity index (χ4v) is 3.76. The minimum atomic E-state index is 0.322. The first-order valence-electron chi connectivity index (χ1n) is 8.38. The van der Waals surface area contributed by atoms with Crippen LogP contribution in [0, 0.1) is 5.92 Å². The molecule has 1 fully saturated rings. The number of carbonyl (C=O) groups is 1. The summed E-state index contributed by atoms with van der Waals surface area (Å²) in [5.74, 6) is 0.984. The molecule has 4 nitrogen and oxygen atoms in total. The first-order chi connectivity index (χ1) is 10.5. The van der Waals surface area contributed by atoms with Gasteiger partial charge in [0.05, 0.1) is 6.04 Å². The molecule has 0 radical (unpaired) electrons. The number of aromatic nitrogens is 1. The van der Waals surface area contributed by atoms with Crippen molar-refractivity contribution in [3.63, 3.8) is 0 Å². The zero-order chi connectivity index (χ0) is 16.1. The molecule has 1 aromatic rings. The zero-order valence-corrected chi connectivity index (χ0v) is 15.1. The molecule has 0 spiro atoms. The molecule has 2 rings (SSSR count). The van der Waals surface area contributed by atoms with E-state index in [1.54, 1.807) is 11.3 Å². The largest absolute Gasteiger partial charge is 0.343 e. The molecular formula is C17H29N3OS. The highest BCUT2D eigenvalue weighted by Crippen LogP contribution is 2.27. The van der Waals surface area contributed by atoms with Crippen LogP contribution < -0.4 is 0 Å². The Balaban J connectivity index is 1.92. The molecule has 2 heterocycles. The number of hydrogen-bond donors (Lipinski definition) is 0. The number of carbonyl (C=O) groups excluding carboxylic acids is 1. The van der Waals surface area contributed by atoms with Gasteiger partial charge in [-0.25, -0.2) is 4.98 Å². The van der Waals surface area contributed by atoms with E-state index in [4.69, 9.17) is 0 Å². The highest BCUT2D eigenvalue weighted by atomic mass is 32.1. The molecular weight excluding hydrogens is 294 g/mol. The van der Waals surface area contributed by atoms with E-state index in [9.17, 15) is 4.79 Å². The maximum Gasteiger partial charge on any atom is 0.222 e. The Labute approximate surface area is 138 Å². The molecule has 0 aliphatic carbocycles. The highest BCUT2D eigenvalue weighted by molar-refractivity contribution is 7.09. The molecule has 1 aromatic heterocycles. The van der Waals surface area contributed by atoms with E-state index >= 15 is 0 Å². The van der Waals surface area contributed by atoms with Crippen LogP contribution in [-0.2, 0) is 4.79 Å². The number of nitrogens with zero attached hydrogens (tertiary/aromatic N) is 3. The van der Waals surface area contributed by atoms with Gasteiger partial charge in [0, 0.05) is 37.1 Å². The minimum Gasteiger partial charge on any atom is -0.343 e. The lowest BCUT2D eigenvalue weighted by molar-refractivity contribution is -0.130. The summed E-state index contributed by atoms with van der Waals surface area (Å²) >= 11 is 1.71. The summed E-state index contributed by atoms with van der Waals surface area (Å²) in [4.78, 5) is 21.2. The molecule has 0 N–H and O–H groups in total. The third kappa shape index (κ3) is 4.53. The summed E-state index contributed by atoms with van der Waals surface area (Å²) in [5, 5.41) is 3.19. The third-order valence-corrected chi connectivity index (χ3v) is 5.69. The average Bonchev–Trinajstić information content (AvgIpc) is 2.95. The fourth-order valence-electron chi connectivity index (χ4n) is 3.01. The quantitative estimate of drug-likeness (QED) is 0.803. The van der Waals surface area contributed by atoms with Gasteiger partial charge in [0.1, 0.15) is 5.01 Å². The second-order valence-corrected chi connectivity index (χ2v) is 7.68. The Kier molecular flexibility index (Phi) is 6.38. The van der Waals surface area contributed by atoms with Gasteiger partial charge in [-0.05, 0) is 39.2 Å². The van der Waals surface area contributed by atoms with Crippen LogP contribution in [-0.4, -0.2) is 46.9 Å². The predicted octanol–water partition coefficient (Wildman–Crippen LogP) is 3.56. The molecule has 1 aliphatic rings. The van der Waals surface area contributed by atoms with Gasteiger partial charge < -0.3 is 4.90 Å². The van der Waals surface area contributed by atoms with Crippen LogP contribution in [0.15, 0.2) is 11.6 Å². The maximum atomic E-state index is 12.3. The summed E-state index contributed by atoms with van der Waals surface area (Å²) in [6.07, 6.45) is 5.67. The Morgan fingerprint density at radius 3 is 2.82 bits per heavy atom. The molecule has 1 aliphatic heterocycles. The molecule has 1 amide bonds. The van der Waals surface area contributed by atoms with E-state index in [0.29, 0.717) is 30.3 Å². The Morgan fingerprint density at radius 1 is 1.41 bits per heavy atom. The van der Waals surface area contributed by atoms with Crippen molar-refractivity contribution in [3.05, 3.63) is 16.6 Å². The third-order valence-electron chi connectivity index (χ3n) is 4.75. The first-order valence-corrected chi connectivity index (χ1v) is 9.26. The van der Waals surface area contributed by atoms with E-state index in [-0.39, 0.29) is 0 Å². The highest BCUT2D eigenvalue weighted by Gasteiger charge is 2.27. The number of thiazole rings is 1. The van der Waals surface area contributed by atoms with Gasteiger partial charge in [-0.15, -0.1) is 11.3 Å². The molecule has 0 bridgehead atoms. The van der Waals surface area contributed by atoms with Crippen LogP contribution in [0.2, 0.25) is 0 Å². The Hall–Kier alpha value is -0.940. The van der Waals surface area contributed by atoms with Crippen LogP contribution in [0.3, 0.4) is 0 Å². The summed E-state index contributed by atoms with van der Waals surface area (Å²) < 4.78 is 0. The number of amides is 1. The van der Waals surface area contributed by atoms with Gasteiger partial charge in [0.15, 0.2) is 0 Å². The van der Waals surface area contributed by atoms with Crippen molar-refractivity contribution < 1.29 is 4.79 Å². The van der Waals surface area contributed by atoms with Crippen molar-refractivity contribution in [3.8, 4) is 0 Å². The maximum absolute atomic E-state index is 12.3. The van der Waals surface area contributed by atoms with E-state index in [1.807, 2.05) is 11.6 Å². The van der Waals surface area contributed by atoms with Crippen molar-refractivity contribution >= 4 is 17.2 Å². The lowest BCUT2D eigenvalue weighted by Crippen LogP contribution is -2.35. The Morgan fingerprint density at radius 2 is 2.18 bits per heavy atom. The monoisotopic (exact) mass is 323 g/mol. The van der Waals surface area contributed by atoms with Gasteiger partial charge in [0.2, 0.25) is 5.91 Å². The number of rotatable bonds is 6. The smallest absolute Gasteiger partial charge is 0.222 e. The van der Waals surface area contributed by atoms with E-state index in [0.717, 1.165) is 37.4 Å². The van der Waals surface area contributed by atoms with Gasteiger partial charge in [0.25, 0.3) is 0 Å². The molecule has 2 unspecified atom stereocenters. The minimum absolute atomic E-state index is 0.322. The van der Waals surface area contributed by atoms with E-state index < -0.39 is 0 Å². The SMILES string of the molecule is CC(C)CCN1CCC(N(C)C(C)c2nccs2)CCC1=O. The van der Waals surface area contributed by atoms with Gasteiger partial charge in [-0.1, -0.05) is 13.8 Å². The van der Waals surface area contributed by atoms with Crippen LogP contribution in [0.1, 0.15) is 57.5 Å². The lowest BCUT2D eigenvalue weighted by Gasteiger charge is -2.31. The fraction of sp³-hybridized carbons (Fsp3) is 0.765. The van der Waals surface area contributed by atoms with Crippen molar-refractivity contribution in [1.29, 1.82) is 0 Å². The van der Waals surface area contributed by atoms with Gasteiger partial charge in [-0.3, -0.25) is 9.69 Å². The normalized spacial score (nSPS) is 21.5. The predicted molar refractivity (Wildman–Crippen MR) is 92.0 cm³/mol. The average molecular weight is 324 g/mol. The van der Waals surface area contributed by atoms with Crippen molar-refractivity contribution in [2.24, 2.45) is 5.92 Å². The lowest BCUT2D eigenvalue weighted by atomic mass is 10.1. The van der Waals surface area contributed by atoms with Crippen molar-refractivity contribution in [2.75, 3.05) is 20.1 Å². The van der Waals surface area contributed by atoms with Crippen LogP contribution in [0.5, 0.6) is 0 Å². The summed E-state index contributed by atoms with van der Waals surface area (Å²) in [5.41, 5.74) is 0. The van der Waals surface area contributed by atoms with E-state index in [2.05, 4.69) is 42.6 Å².